The third kappa shape index (κ3) is 3.47. The van der Waals surface area contributed by atoms with Gasteiger partial charge in [0.15, 0.2) is 5.82 Å². The molecule has 0 radical (unpaired) electrons. The summed E-state index contributed by atoms with van der Waals surface area (Å²) in [4.78, 5) is 4.49. The normalized spacial score (nSPS) is 17.2. The first-order valence-electron chi connectivity index (χ1n) is 7.41. The summed E-state index contributed by atoms with van der Waals surface area (Å²) < 4.78 is 5.34. The second kappa shape index (κ2) is 6.20. The number of benzene rings is 1. The number of hydrogen-bond acceptors (Lipinski definition) is 5. The Morgan fingerprint density at radius 2 is 1.90 bits per heavy atom. The molecule has 4 nitrogen and oxygen atoms in total. The Balaban J connectivity index is 1.54. The van der Waals surface area contributed by atoms with Crippen molar-refractivity contribution in [1.29, 1.82) is 0 Å². The van der Waals surface area contributed by atoms with Crippen molar-refractivity contribution in [2.75, 3.05) is 0 Å². The lowest BCUT2D eigenvalue weighted by atomic mass is 9.99. The van der Waals surface area contributed by atoms with Gasteiger partial charge in [0.1, 0.15) is 0 Å². The summed E-state index contributed by atoms with van der Waals surface area (Å²) >= 11 is 1.78. The highest BCUT2D eigenvalue weighted by Gasteiger charge is 2.35. The first-order valence-corrected chi connectivity index (χ1v) is 8.56. The summed E-state index contributed by atoms with van der Waals surface area (Å²) in [7, 11) is 0. The van der Waals surface area contributed by atoms with Crippen molar-refractivity contribution in [1.82, 2.24) is 10.1 Å². The molecule has 0 saturated heterocycles. The highest BCUT2D eigenvalue weighted by atomic mass is 32.2. The summed E-state index contributed by atoms with van der Waals surface area (Å²) in [6.07, 6.45) is 4.23. The molecule has 1 saturated carbocycles. The van der Waals surface area contributed by atoms with E-state index in [-0.39, 0.29) is 5.54 Å². The van der Waals surface area contributed by atoms with Gasteiger partial charge in [0.05, 0.1) is 11.3 Å². The Kier molecular flexibility index (Phi) is 4.31. The largest absolute Gasteiger partial charge is 0.338 e. The molecule has 5 heteroatoms. The highest BCUT2D eigenvalue weighted by Crippen LogP contribution is 2.34. The average Bonchev–Trinajstić information content (AvgIpc) is 3.11. The standard InChI is InChI=1S/C16H21N3OS/c1-12-4-6-13(7-5-12)10-21-11-14-18-15(19-20-14)16(17)8-2-3-9-16/h4-7H,2-3,8-11,17H2,1H3. The Labute approximate surface area is 129 Å². The van der Waals surface area contributed by atoms with Gasteiger partial charge < -0.3 is 10.3 Å². The van der Waals surface area contributed by atoms with Crippen LogP contribution >= 0.6 is 11.8 Å². The summed E-state index contributed by atoms with van der Waals surface area (Å²) in [5, 5.41) is 4.08. The number of aromatic nitrogens is 2. The Bertz CT molecular complexity index is 588. The first-order chi connectivity index (χ1) is 10.2. The summed E-state index contributed by atoms with van der Waals surface area (Å²) in [5.74, 6) is 3.05. The fourth-order valence-electron chi connectivity index (χ4n) is 2.69. The molecule has 0 bridgehead atoms. The van der Waals surface area contributed by atoms with Gasteiger partial charge in [0.2, 0.25) is 5.89 Å². The van der Waals surface area contributed by atoms with Gasteiger partial charge >= 0.3 is 0 Å². The van der Waals surface area contributed by atoms with E-state index in [1.165, 1.54) is 11.1 Å². The third-order valence-electron chi connectivity index (χ3n) is 4.02. The van der Waals surface area contributed by atoms with Crippen LogP contribution in [0.3, 0.4) is 0 Å². The molecule has 1 aliphatic rings. The van der Waals surface area contributed by atoms with E-state index in [9.17, 15) is 0 Å². The fourth-order valence-corrected chi connectivity index (χ4v) is 3.51. The molecule has 3 rings (SSSR count). The van der Waals surface area contributed by atoms with Gasteiger partial charge in [-0.3, -0.25) is 0 Å². The van der Waals surface area contributed by atoms with E-state index in [0.717, 1.165) is 37.2 Å². The molecule has 2 N–H and O–H groups in total. The van der Waals surface area contributed by atoms with E-state index >= 15 is 0 Å². The Morgan fingerprint density at radius 1 is 1.19 bits per heavy atom. The monoisotopic (exact) mass is 303 g/mol. The number of rotatable bonds is 5. The maximum atomic E-state index is 6.34. The average molecular weight is 303 g/mol. The summed E-state index contributed by atoms with van der Waals surface area (Å²) in [6.45, 7) is 2.10. The van der Waals surface area contributed by atoms with Crippen molar-refractivity contribution in [3.63, 3.8) is 0 Å². The van der Waals surface area contributed by atoms with E-state index in [1.54, 1.807) is 11.8 Å². The number of nitrogens with zero attached hydrogens (tertiary/aromatic N) is 2. The summed E-state index contributed by atoms with van der Waals surface area (Å²) in [5.41, 5.74) is 8.58. The van der Waals surface area contributed by atoms with Gasteiger partial charge in [-0.1, -0.05) is 47.8 Å². The molecule has 0 unspecified atom stereocenters. The van der Waals surface area contributed by atoms with Crippen molar-refractivity contribution in [3.8, 4) is 0 Å². The smallest absolute Gasteiger partial charge is 0.236 e. The maximum Gasteiger partial charge on any atom is 0.236 e. The van der Waals surface area contributed by atoms with Crippen LogP contribution in [0.2, 0.25) is 0 Å². The van der Waals surface area contributed by atoms with Crippen molar-refractivity contribution >= 4 is 11.8 Å². The predicted octanol–water partition coefficient (Wildman–Crippen LogP) is 3.54. The van der Waals surface area contributed by atoms with Crippen molar-refractivity contribution < 1.29 is 4.52 Å². The minimum absolute atomic E-state index is 0.358. The van der Waals surface area contributed by atoms with E-state index in [1.807, 2.05) is 0 Å². The van der Waals surface area contributed by atoms with Crippen LogP contribution < -0.4 is 5.73 Å². The topological polar surface area (TPSA) is 64.9 Å². The van der Waals surface area contributed by atoms with Gasteiger partial charge in [-0.2, -0.15) is 4.98 Å². The van der Waals surface area contributed by atoms with Gasteiger partial charge in [0.25, 0.3) is 0 Å². The van der Waals surface area contributed by atoms with Crippen LogP contribution in [0, 0.1) is 6.92 Å². The zero-order valence-corrected chi connectivity index (χ0v) is 13.2. The molecule has 21 heavy (non-hydrogen) atoms. The van der Waals surface area contributed by atoms with E-state index in [0.29, 0.717) is 11.7 Å². The quantitative estimate of drug-likeness (QED) is 0.915. The fraction of sp³-hybridized carbons (Fsp3) is 0.500. The molecule has 0 spiro atoms. The van der Waals surface area contributed by atoms with Gasteiger partial charge in [-0.05, 0) is 25.3 Å². The zero-order chi connectivity index (χ0) is 14.7. The second-order valence-corrected chi connectivity index (χ2v) is 6.84. The lowest BCUT2D eigenvalue weighted by molar-refractivity contribution is 0.355. The molecule has 1 aliphatic carbocycles. The van der Waals surface area contributed by atoms with E-state index in [2.05, 4.69) is 41.3 Å². The summed E-state index contributed by atoms with van der Waals surface area (Å²) in [6, 6.07) is 8.60. The number of hydrogen-bond donors (Lipinski definition) is 1. The van der Waals surface area contributed by atoms with Gasteiger partial charge in [-0.25, -0.2) is 0 Å². The van der Waals surface area contributed by atoms with E-state index < -0.39 is 0 Å². The molecular formula is C16H21N3OS. The molecule has 0 atom stereocenters. The molecule has 2 aromatic rings. The predicted molar refractivity (Wildman–Crippen MR) is 84.8 cm³/mol. The van der Waals surface area contributed by atoms with Crippen molar-refractivity contribution in [2.45, 2.75) is 49.7 Å². The van der Waals surface area contributed by atoms with Crippen LogP contribution in [0.5, 0.6) is 0 Å². The number of nitrogens with two attached hydrogens (primary N) is 1. The van der Waals surface area contributed by atoms with Crippen LogP contribution in [-0.2, 0) is 17.0 Å². The molecule has 112 valence electrons. The number of aryl methyl sites for hydroxylation is 1. The van der Waals surface area contributed by atoms with Crippen molar-refractivity contribution in [2.24, 2.45) is 5.73 Å². The maximum absolute atomic E-state index is 6.34. The molecule has 1 fully saturated rings. The minimum atomic E-state index is -0.358. The Hall–Kier alpha value is -1.33. The second-order valence-electron chi connectivity index (χ2n) is 5.85. The molecule has 1 heterocycles. The Morgan fingerprint density at radius 3 is 2.62 bits per heavy atom. The van der Waals surface area contributed by atoms with Gasteiger partial charge in [0, 0.05) is 5.75 Å². The van der Waals surface area contributed by atoms with Crippen molar-refractivity contribution in [3.05, 3.63) is 47.1 Å². The minimum Gasteiger partial charge on any atom is -0.338 e. The van der Waals surface area contributed by atoms with E-state index in [4.69, 9.17) is 10.3 Å². The van der Waals surface area contributed by atoms with Crippen LogP contribution in [0.25, 0.3) is 0 Å². The highest BCUT2D eigenvalue weighted by molar-refractivity contribution is 7.97. The van der Waals surface area contributed by atoms with Crippen LogP contribution in [0.15, 0.2) is 28.8 Å². The molecule has 1 aromatic carbocycles. The van der Waals surface area contributed by atoms with Gasteiger partial charge in [-0.15, -0.1) is 11.8 Å². The lowest BCUT2D eigenvalue weighted by Gasteiger charge is -2.17. The lowest BCUT2D eigenvalue weighted by Crippen LogP contribution is -2.34. The first kappa shape index (κ1) is 14.6. The molecule has 0 amide bonds. The van der Waals surface area contributed by atoms with Crippen LogP contribution in [0.4, 0.5) is 0 Å². The zero-order valence-electron chi connectivity index (χ0n) is 12.3. The third-order valence-corrected chi connectivity index (χ3v) is 5.01. The molecule has 1 aromatic heterocycles. The SMILES string of the molecule is Cc1ccc(CSCc2nc(C3(N)CCCC3)no2)cc1. The van der Waals surface area contributed by atoms with Crippen LogP contribution in [0.1, 0.15) is 48.5 Å². The van der Waals surface area contributed by atoms with Crippen LogP contribution in [-0.4, -0.2) is 10.1 Å². The number of thioether (sulfide) groups is 1. The molecular weight excluding hydrogens is 282 g/mol. The molecule has 0 aliphatic heterocycles.